The van der Waals surface area contributed by atoms with Gasteiger partial charge >= 0.3 is 0 Å². The van der Waals surface area contributed by atoms with Gasteiger partial charge in [0.15, 0.2) is 0 Å². The van der Waals surface area contributed by atoms with Crippen LogP contribution in [0.4, 0.5) is 5.69 Å². The molecule has 0 aromatic heterocycles. The second kappa shape index (κ2) is 9.32. The van der Waals surface area contributed by atoms with Crippen molar-refractivity contribution in [2.45, 2.75) is 13.0 Å². The number of ether oxygens (including phenoxy) is 2. The van der Waals surface area contributed by atoms with Crippen molar-refractivity contribution in [3.8, 4) is 11.5 Å². The Morgan fingerprint density at radius 3 is 2.28 bits per heavy atom. The second-order valence-electron chi connectivity index (χ2n) is 7.46. The molecule has 1 aliphatic rings. The molecular weight excluding hydrogens is 428 g/mol. The number of hydrogen-bond acceptors (Lipinski definition) is 4. The zero-order valence-corrected chi connectivity index (χ0v) is 18.6. The number of anilines is 1. The zero-order chi connectivity index (χ0) is 22.7. The van der Waals surface area contributed by atoms with Gasteiger partial charge in [0, 0.05) is 41.0 Å². The number of fused-ring (bicyclic) bond motifs is 1. The van der Waals surface area contributed by atoms with Crippen molar-refractivity contribution in [3.05, 3.63) is 87.9 Å². The Morgan fingerprint density at radius 1 is 0.938 bits per heavy atom. The van der Waals surface area contributed by atoms with Crippen molar-refractivity contribution >= 4 is 29.1 Å². The van der Waals surface area contributed by atoms with Crippen LogP contribution in [0.15, 0.2) is 60.7 Å². The molecule has 0 saturated heterocycles. The summed E-state index contributed by atoms with van der Waals surface area (Å²) in [6.07, 6.45) is 0.767. The van der Waals surface area contributed by atoms with Gasteiger partial charge in [0.1, 0.15) is 11.5 Å². The molecule has 32 heavy (non-hydrogen) atoms. The summed E-state index contributed by atoms with van der Waals surface area (Å²) in [5, 5.41) is 3.53. The fourth-order valence-electron chi connectivity index (χ4n) is 3.75. The molecule has 4 rings (SSSR count). The summed E-state index contributed by atoms with van der Waals surface area (Å²) >= 11 is 5.93. The van der Waals surface area contributed by atoms with E-state index in [9.17, 15) is 9.59 Å². The van der Waals surface area contributed by atoms with Gasteiger partial charge in [0.05, 0.1) is 14.2 Å². The van der Waals surface area contributed by atoms with E-state index in [2.05, 4.69) is 5.32 Å². The van der Waals surface area contributed by atoms with Crippen LogP contribution in [-0.2, 0) is 13.0 Å². The highest BCUT2D eigenvalue weighted by Gasteiger charge is 2.25. The highest BCUT2D eigenvalue weighted by atomic mass is 35.5. The highest BCUT2D eigenvalue weighted by Crippen LogP contribution is 2.30. The Balaban J connectivity index is 1.44. The van der Waals surface area contributed by atoms with Crippen LogP contribution >= 0.6 is 11.6 Å². The third-order valence-corrected chi connectivity index (χ3v) is 5.69. The minimum atomic E-state index is -0.220. The third-order valence-electron chi connectivity index (χ3n) is 5.44. The first-order chi connectivity index (χ1) is 15.5. The van der Waals surface area contributed by atoms with E-state index in [1.54, 1.807) is 61.6 Å². The smallest absolute Gasteiger partial charge is 0.258 e. The molecule has 0 aliphatic carbocycles. The Kier molecular flexibility index (Phi) is 6.32. The molecule has 1 heterocycles. The largest absolute Gasteiger partial charge is 0.497 e. The Morgan fingerprint density at radius 2 is 1.62 bits per heavy atom. The van der Waals surface area contributed by atoms with Crippen molar-refractivity contribution in [1.82, 2.24) is 5.32 Å². The van der Waals surface area contributed by atoms with Crippen LogP contribution in [0.2, 0.25) is 5.02 Å². The van der Waals surface area contributed by atoms with Crippen molar-refractivity contribution in [2.24, 2.45) is 0 Å². The summed E-state index contributed by atoms with van der Waals surface area (Å²) in [5.74, 6) is 0.839. The van der Waals surface area contributed by atoms with Gasteiger partial charge < -0.3 is 19.7 Å². The summed E-state index contributed by atoms with van der Waals surface area (Å²) in [6, 6.07) is 17.9. The average molecular weight is 451 g/mol. The molecule has 7 heteroatoms. The number of halogens is 1. The summed E-state index contributed by atoms with van der Waals surface area (Å²) in [6.45, 7) is 0.993. The molecule has 0 radical (unpaired) electrons. The van der Waals surface area contributed by atoms with Crippen LogP contribution < -0.4 is 19.7 Å². The van der Waals surface area contributed by atoms with E-state index in [1.165, 1.54) is 0 Å². The van der Waals surface area contributed by atoms with Crippen molar-refractivity contribution < 1.29 is 19.1 Å². The molecule has 1 N–H and O–H groups in total. The van der Waals surface area contributed by atoms with E-state index in [0.717, 1.165) is 23.2 Å². The first-order valence-electron chi connectivity index (χ1n) is 10.2. The molecule has 3 aromatic carbocycles. The minimum Gasteiger partial charge on any atom is -0.497 e. The number of carbonyl (C=O) groups excluding carboxylic acids is 2. The Labute approximate surface area is 191 Å². The minimum absolute atomic E-state index is 0.0477. The fraction of sp³-hybridized carbons (Fsp3) is 0.200. The fourth-order valence-corrected chi connectivity index (χ4v) is 3.87. The van der Waals surface area contributed by atoms with Crippen molar-refractivity contribution in [1.29, 1.82) is 0 Å². The van der Waals surface area contributed by atoms with E-state index >= 15 is 0 Å². The lowest BCUT2D eigenvalue weighted by molar-refractivity contribution is 0.0948. The zero-order valence-electron chi connectivity index (χ0n) is 17.9. The van der Waals surface area contributed by atoms with Crippen LogP contribution in [0.25, 0.3) is 0 Å². The van der Waals surface area contributed by atoms with Crippen LogP contribution in [0, 0.1) is 0 Å². The number of carbonyl (C=O) groups is 2. The lowest BCUT2D eigenvalue weighted by atomic mass is 10.1. The molecule has 0 spiro atoms. The summed E-state index contributed by atoms with van der Waals surface area (Å²) in [7, 11) is 3.09. The van der Waals surface area contributed by atoms with E-state index < -0.39 is 0 Å². The molecular formula is C25H23ClN2O4. The maximum Gasteiger partial charge on any atom is 0.258 e. The molecule has 0 bridgehead atoms. The summed E-state index contributed by atoms with van der Waals surface area (Å²) in [4.78, 5) is 27.3. The van der Waals surface area contributed by atoms with Crippen molar-refractivity contribution in [2.75, 3.05) is 25.7 Å². The van der Waals surface area contributed by atoms with E-state index in [0.29, 0.717) is 40.7 Å². The Bertz CT molecular complexity index is 1140. The standard InChI is InChI=1S/C25H23ClN2O4/c1-31-21-12-19(13-22(14-21)32-2)24(29)27-15-16-3-8-23-18(11-16)9-10-28(23)25(30)17-4-6-20(26)7-5-17/h3-8,11-14H,9-10,15H2,1-2H3,(H,27,29). The number of methoxy groups -OCH3 is 2. The first-order valence-corrected chi connectivity index (χ1v) is 10.6. The molecule has 2 amide bonds. The molecule has 6 nitrogen and oxygen atoms in total. The highest BCUT2D eigenvalue weighted by molar-refractivity contribution is 6.30. The normalized spacial score (nSPS) is 12.3. The van der Waals surface area contributed by atoms with Crippen LogP contribution in [0.1, 0.15) is 31.8 Å². The van der Waals surface area contributed by atoms with Gasteiger partial charge in [0.25, 0.3) is 11.8 Å². The maximum atomic E-state index is 12.9. The van der Waals surface area contributed by atoms with Gasteiger partial charge in [0.2, 0.25) is 0 Å². The number of amides is 2. The topological polar surface area (TPSA) is 67.9 Å². The maximum absolute atomic E-state index is 12.9. The third kappa shape index (κ3) is 4.55. The van der Waals surface area contributed by atoms with Gasteiger partial charge in [-0.3, -0.25) is 9.59 Å². The molecule has 1 aliphatic heterocycles. The monoisotopic (exact) mass is 450 g/mol. The molecule has 0 unspecified atom stereocenters. The van der Waals surface area contributed by atoms with Crippen LogP contribution in [0.5, 0.6) is 11.5 Å². The van der Waals surface area contributed by atoms with Crippen LogP contribution in [0.3, 0.4) is 0 Å². The Hall–Kier alpha value is -3.51. The quantitative estimate of drug-likeness (QED) is 0.600. The first kappa shape index (κ1) is 21.7. The van der Waals surface area contributed by atoms with E-state index in [-0.39, 0.29) is 11.8 Å². The van der Waals surface area contributed by atoms with Gasteiger partial charge in [-0.25, -0.2) is 0 Å². The number of nitrogens with zero attached hydrogens (tertiary/aromatic N) is 1. The van der Waals surface area contributed by atoms with E-state index in [1.807, 2.05) is 18.2 Å². The van der Waals surface area contributed by atoms with Gasteiger partial charge in [-0.05, 0) is 60.0 Å². The second-order valence-corrected chi connectivity index (χ2v) is 7.90. The van der Waals surface area contributed by atoms with Crippen LogP contribution in [-0.4, -0.2) is 32.6 Å². The number of benzene rings is 3. The van der Waals surface area contributed by atoms with E-state index in [4.69, 9.17) is 21.1 Å². The molecule has 3 aromatic rings. The predicted octanol–water partition coefficient (Wildman–Crippen LogP) is 4.49. The number of nitrogens with one attached hydrogen (secondary N) is 1. The molecule has 0 atom stereocenters. The SMILES string of the molecule is COc1cc(OC)cc(C(=O)NCc2ccc3c(c2)CCN3C(=O)c2ccc(Cl)cc2)c1. The lowest BCUT2D eigenvalue weighted by Gasteiger charge is -2.18. The molecule has 0 fully saturated rings. The van der Waals surface area contributed by atoms with Crippen molar-refractivity contribution in [3.63, 3.8) is 0 Å². The number of rotatable bonds is 6. The van der Waals surface area contributed by atoms with Gasteiger partial charge in [-0.2, -0.15) is 0 Å². The lowest BCUT2D eigenvalue weighted by Crippen LogP contribution is -2.28. The average Bonchev–Trinajstić information content (AvgIpc) is 3.25. The molecule has 0 saturated carbocycles. The number of hydrogen-bond donors (Lipinski definition) is 1. The molecule has 164 valence electrons. The summed E-state index contributed by atoms with van der Waals surface area (Å²) in [5.41, 5.74) is 4.02. The van der Waals surface area contributed by atoms with Gasteiger partial charge in [-0.1, -0.05) is 23.7 Å². The predicted molar refractivity (Wildman–Crippen MR) is 124 cm³/mol. The van der Waals surface area contributed by atoms with Gasteiger partial charge in [-0.15, -0.1) is 0 Å². The summed E-state index contributed by atoms with van der Waals surface area (Å²) < 4.78 is 10.5.